The predicted molar refractivity (Wildman–Crippen MR) is 155 cm³/mol. The Hall–Kier alpha value is -5.52. The number of esters is 1. The summed E-state index contributed by atoms with van der Waals surface area (Å²) in [4.78, 5) is 42.7. The van der Waals surface area contributed by atoms with Crippen molar-refractivity contribution in [2.45, 2.75) is 32.4 Å². The number of carbonyl (C=O) groups excluding carboxylic acids is 3. The number of aryl methyl sites for hydroxylation is 2. The molecule has 5 rings (SSSR count). The maximum atomic E-state index is 14.3. The molecule has 0 bridgehead atoms. The summed E-state index contributed by atoms with van der Waals surface area (Å²) in [6.07, 6.45) is -6.37. The molecule has 9 nitrogen and oxygen atoms in total. The lowest BCUT2D eigenvalue weighted by molar-refractivity contribution is -0.274. The highest BCUT2D eigenvalue weighted by atomic mass is 19.4. The number of aromatic nitrogens is 2. The smallest absolute Gasteiger partial charge is 0.468 e. The zero-order valence-corrected chi connectivity index (χ0v) is 24.2. The topological polar surface area (TPSA) is 108 Å². The molecule has 1 amide bonds. The molecule has 45 heavy (non-hydrogen) atoms. The molecule has 230 valence electrons. The summed E-state index contributed by atoms with van der Waals surface area (Å²) in [6, 6.07) is 21.5. The quantitative estimate of drug-likeness (QED) is 0.163. The number of methoxy groups -OCH3 is 1. The Kier molecular flexibility index (Phi) is 8.66. The fourth-order valence-corrected chi connectivity index (χ4v) is 4.83. The Labute approximate surface area is 255 Å². The molecule has 0 spiro atoms. The summed E-state index contributed by atoms with van der Waals surface area (Å²) in [5.41, 5.74) is 2.06. The Balaban J connectivity index is 1.72. The molecule has 1 aliphatic rings. The van der Waals surface area contributed by atoms with Crippen molar-refractivity contribution in [3.63, 3.8) is 0 Å². The largest absolute Gasteiger partial charge is 0.573 e. The molecule has 0 N–H and O–H groups in total. The zero-order chi connectivity index (χ0) is 32.3. The fourth-order valence-electron chi connectivity index (χ4n) is 4.83. The first-order chi connectivity index (χ1) is 21.5. The van der Waals surface area contributed by atoms with Crippen LogP contribution >= 0.6 is 0 Å². The van der Waals surface area contributed by atoms with Crippen LogP contribution in [0, 0.1) is 13.8 Å². The van der Waals surface area contributed by atoms with Gasteiger partial charge >= 0.3 is 12.3 Å². The lowest BCUT2D eigenvalue weighted by Gasteiger charge is -2.26. The molecule has 1 aliphatic heterocycles. The Morgan fingerprint density at radius 1 is 0.867 bits per heavy atom. The van der Waals surface area contributed by atoms with E-state index >= 15 is 0 Å². The van der Waals surface area contributed by atoms with E-state index in [1.807, 2.05) is 6.92 Å². The lowest BCUT2D eigenvalue weighted by atomic mass is 9.92. The average molecular weight is 618 g/mol. The number of Topliss-reactive ketones (excluding diaryl/α,β-unsaturated/α-hetero) is 1. The van der Waals surface area contributed by atoms with Crippen LogP contribution < -0.4 is 9.64 Å². The number of anilines is 1. The van der Waals surface area contributed by atoms with E-state index in [0.717, 1.165) is 29.7 Å². The van der Waals surface area contributed by atoms with Gasteiger partial charge < -0.3 is 14.2 Å². The number of ketones is 1. The first-order valence-corrected chi connectivity index (χ1v) is 13.6. The summed E-state index contributed by atoms with van der Waals surface area (Å²) in [7, 11) is 1.16. The molecule has 1 aromatic heterocycles. The molecule has 0 saturated carbocycles. The number of alkyl halides is 3. The first-order valence-electron chi connectivity index (χ1n) is 13.6. The van der Waals surface area contributed by atoms with Gasteiger partial charge in [-0.3, -0.25) is 14.5 Å². The van der Waals surface area contributed by atoms with E-state index in [1.54, 1.807) is 67.6 Å². The van der Waals surface area contributed by atoms with Gasteiger partial charge in [-0.25, -0.2) is 4.79 Å². The molecule has 12 heteroatoms. The number of rotatable bonds is 9. The normalized spacial score (nSPS) is 15.6. The second kappa shape index (κ2) is 12.6. The average Bonchev–Trinajstić information content (AvgIpc) is 3.31. The van der Waals surface area contributed by atoms with Crippen molar-refractivity contribution in [2.24, 2.45) is 0 Å². The lowest BCUT2D eigenvalue weighted by Crippen LogP contribution is -2.32. The predicted octanol–water partition coefficient (Wildman–Crippen LogP) is 6.15. The molecule has 0 fully saturated rings. The van der Waals surface area contributed by atoms with Crippen LogP contribution in [0.25, 0.3) is 0 Å². The third kappa shape index (κ3) is 6.69. The molecule has 3 aromatic carbocycles. The molecule has 4 aromatic rings. The Morgan fingerprint density at radius 2 is 1.53 bits per heavy atom. The molecular weight excluding hydrogens is 591 g/mol. The number of halogens is 3. The summed E-state index contributed by atoms with van der Waals surface area (Å²) in [6.45, 7) is 3.53. The summed E-state index contributed by atoms with van der Waals surface area (Å²) in [5, 5.41) is 8.20. The molecule has 0 aliphatic carbocycles. The van der Waals surface area contributed by atoms with E-state index in [-0.39, 0.29) is 22.5 Å². The van der Waals surface area contributed by atoms with Gasteiger partial charge in [0.05, 0.1) is 24.4 Å². The van der Waals surface area contributed by atoms with Crippen LogP contribution in [0.15, 0.2) is 102 Å². The molecule has 1 unspecified atom stereocenters. The number of ether oxygens (including phenoxy) is 3. The van der Waals surface area contributed by atoms with Gasteiger partial charge in [0.2, 0.25) is 6.10 Å². The van der Waals surface area contributed by atoms with Crippen molar-refractivity contribution >= 4 is 23.5 Å². The summed E-state index contributed by atoms with van der Waals surface area (Å²) in [5.74, 6) is -3.19. The number of hydrogen-bond acceptors (Lipinski definition) is 8. The van der Waals surface area contributed by atoms with Crippen LogP contribution in [-0.4, -0.2) is 41.3 Å². The maximum Gasteiger partial charge on any atom is 0.573 e. The van der Waals surface area contributed by atoms with Gasteiger partial charge in [-0.15, -0.1) is 18.3 Å². The third-order valence-corrected chi connectivity index (χ3v) is 6.96. The SMILES string of the molecule is COC(=O)C(OC1=C(C(=O)c2ccc(C)cc2)[C@@H](c2ccc(OC(F)(F)F)cc2)N(c2ccc(C)nn2)C1=O)c1ccccc1. The minimum atomic E-state index is -4.93. The standard InChI is InChI=1S/C33H26F3N3O6/c1-19-9-12-22(13-10-19)28(40)26-27(21-14-16-24(17-15-21)45-33(34,35)36)39(25-18-11-20(2)37-38-25)31(41)30(26)44-29(32(42)43-3)23-7-5-4-6-8-23/h4-18,27,29H,1-3H3/t27-,29?/m1/s1. The van der Waals surface area contributed by atoms with Crippen LogP contribution in [0.1, 0.15) is 44.9 Å². The molecular formula is C33H26F3N3O6. The fraction of sp³-hybridized carbons (Fsp3) is 0.182. The van der Waals surface area contributed by atoms with Crippen LogP contribution in [0.2, 0.25) is 0 Å². The Morgan fingerprint density at radius 3 is 2.11 bits per heavy atom. The van der Waals surface area contributed by atoms with E-state index in [9.17, 15) is 27.6 Å². The van der Waals surface area contributed by atoms with E-state index < -0.39 is 47.7 Å². The Bertz CT molecular complexity index is 1740. The minimum absolute atomic E-state index is 0.0355. The van der Waals surface area contributed by atoms with Crippen molar-refractivity contribution in [3.05, 3.63) is 130 Å². The van der Waals surface area contributed by atoms with Gasteiger partial charge in [-0.05, 0) is 43.7 Å². The van der Waals surface area contributed by atoms with Crippen molar-refractivity contribution in [3.8, 4) is 5.75 Å². The van der Waals surface area contributed by atoms with E-state index in [2.05, 4.69) is 14.9 Å². The number of hydrogen-bond donors (Lipinski definition) is 0. The van der Waals surface area contributed by atoms with E-state index in [1.165, 1.54) is 18.2 Å². The summed E-state index contributed by atoms with van der Waals surface area (Å²) < 4.78 is 53.8. The second-order valence-electron chi connectivity index (χ2n) is 10.1. The van der Waals surface area contributed by atoms with Crippen molar-refractivity contribution in [1.82, 2.24) is 10.2 Å². The van der Waals surface area contributed by atoms with E-state index in [4.69, 9.17) is 9.47 Å². The van der Waals surface area contributed by atoms with Crippen LogP contribution in [-0.2, 0) is 19.1 Å². The second-order valence-corrected chi connectivity index (χ2v) is 10.1. The van der Waals surface area contributed by atoms with Crippen LogP contribution in [0.3, 0.4) is 0 Å². The van der Waals surface area contributed by atoms with Gasteiger partial charge in [-0.1, -0.05) is 72.3 Å². The zero-order valence-electron chi connectivity index (χ0n) is 24.2. The number of benzene rings is 3. The highest BCUT2D eigenvalue weighted by Crippen LogP contribution is 2.44. The molecule has 0 saturated heterocycles. The molecule has 0 radical (unpaired) electrons. The highest BCUT2D eigenvalue weighted by Gasteiger charge is 2.48. The van der Waals surface area contributed by atoms with Crippen molar-refractivity contribution in [2.75, 3.05) is 12.0 Å². The van der Waals surface area contributed by atoms with Crippen molar-refractivity contribution in [1.29, 1.82) is 0 Å². The molecule has 2 atom stereocenters. The van der Waals surface area contributed by atoms with Gasteiger partial charge in [0.1, 0.15) is 5.75 Å². The molecule has 2 heterocycles. The van der Waals surface area contributed by atoms with Gasteiger partial charge in [0.15, 0.2) is 17.4 Å². The maximum absolute atomic E-state index is 14.3. The highest BCUT2D eigenvalue weighted by molar-refractivity contribution is 6.21. The van der Waals surface area contributed by atoms with Crippen LogP contribution in [0.5, 0.6) is 5.75 Å². The monoisotopic (exact) mass is 617 g/mol. The minimum Gasteiger partial charge on any atom is -0.468 e. The number of amides is 1. The third-order valence-electron chi connectivity index (χ3n) is 6.96. The number of nitrogens with zero attached hydrogens (tertiary/aromatic N) is 3. The van der Waals surface area contributed by atoms with E-state index in [0.29, 0.717) is 11.3 Å². The first kappa shape index (κ1) is 30.9. The van der Waals surface area contributed by atoms with Gasteiger partial charge in [0, 0.05) is 11.1 Å². The number of carbonyl (C=O) groups is 3. The van der Waals surface area contributed by atoms with Crippen LogP contribution in [0.4, 0.5) is 19.0 Å². The van der Waals surface area contributed by atoms with Gasteiger partial charge in [0.25, 0.3) is 5.91 Å². The van der Waals surface area contributed by atoms with Crippen molar-refractivity contribution < 1.29 is 41.8 Å². The summed E-state index contributed by atoms with van der Waals surface area (Å²) >= 11 is 0. The van der Waals surface area contributed by atoms with Gasteiger partial charge in [-0.2, -0.15) is 5.10 Å².